The molecule has 5 nitrogen and oxygen atoms in total. The molecule has 0 aromatic heterocycles. The Morgan fingerprint density at radius 1 is 1.55 bits per heavy atom. The molecule has 0 fully saturated rings. The smallest absolute Gasteiger partial charge is 0.341 e. The van der Waals surface area contributed by atoms with E-state index in [9.17, 15) is 9.59 Å². The van der Waals surface area contributed by atoms with Crippen LogP contribution >= 0.6 is 23.2 Å². The molecule has 0 rings (SSSR count). The highest BCUT2D eigenvalue weighted by molar-refractivity contribution is 6.44. The number of hydrogen-bond acceptors (Lipinski definition) is 3. The Balaban J connectivity index is 4.55. The fourth-order valence-corrected chi connectivity index (χ4v) is 0.516. The van der Waals surface area contributed by atoms with E-state index in [-0.39, 0.29) is 0 Å². The zero-order valence-corrected chi connectivity index (χ0v) is 6.76. The highest BCUT2D eigenvalue weighted by Crippen LogP contribution is 2.18. The number of hydrogen-bond donors (Lipinski definition) is 3. The van der Waals surface area contributed by atoms with E-state index >= 15 is 0 Å². The lowest BCUT2D eigenvalue weighted by molar-refractivity contribution is -0.141. The number of carbonyl (C=O) groups excluding carboxylic acids is 1. The zero-order valence-electron chi connectivity index (χ0n) is 5.25. The van der Waals surface area contributed by atoms with Crippen LogP contribution in [0.1, 0.15) is 0 Å². The van der Waals surface area contributed by atoms with E-state index in [0.29, 0.717) is 0 Å². The Kier molecular flexibility index (Phi) is 3.10. The van der Waals surface area contributed by atoms with Crippen LogP contribution in [-0.2, 0) is 9.59 Å². The molecular formula is C4H6Cl2N2O3. The van der Waals surface area contributed by atoms with Crippen molar-refractivity contribution in [3.8, 4) is 0 Å². The molecule has 0 heterocycles. The Morgan fingerprint density at radius 3 is 2.00 bits per heavy atom. The predicted molar refractivity (Wildman–Crippen MR) is 39.2 cm³/mol. The lowest BCUT2D eigenvalue weighted by Crippen LogP contribution is -2.54. The lowest BCUT2D eigenvalue weighted by atomic mass is 10.2. The number of carboxylic acid groups (broad SMARTS) is 1. The van der Waals surface area contributed by atoms with Crippen molar-refractivity contribution in [2.75, 3.05) is 0 Å². The summed E-state index contributed by atoms with van der Waals surface area (Å²) in [5.74, 6) is -2.68. The van der Waals surface area contributed by atoms with Crippen LogP contribution in [0.3, 0.4) is 0 Å². The highest BCUT2D eigenvalue weighted by atomic mass is 35.5. The summed E-state index contributed by atoms with van der Waals surface area (Å²) in [6, 6.07) is 0. The molecule has 7 heteroatoms. The molecule has 0 saturated heterocycles. The largest absolute Gasteiger partial charge is 0.479 e. The molecule has 5 N–H and O–H groups in total. The molecule has 64 valence electrons. The van der Waals surface area contributed by atoms with Crippen molar-refractivity contribution < 1.29 is 14.7 Å². The van der Waals surface area contributed by atoms with Crippen LogP contribution in [0.15, 0.2) is 0 Å². The number of alkyl halides is 2. The number of carbonyl (C=O) groups is 2. The zero-order chi connectivity index (χ0) is 9.23. The third kappa shape index (κ3) is 2.21. The Morgan fingerprint density at radius 2 is 1.91 bits per heavy atom. The van der Waals surface area contributed by atoms with Gasteiger partial charge in [0.25, 0.3) is 0 Å². The molecule has 1 amide bonds. The highest BCUT2D eigenvalue weighted by Gasteiger charge is 2.43. The lowest BCUT2D eigenvalue weighted by Gasteiger charge is -2.19. The summed E-state index contributed by atoms with van der Waals surface area (Å²) in [6.07, 6.45) is 0. The van der Waals surface area contributed by atoms with Crippen molar-refractivity contribution in [2.45, 2.75) is 10.4 Å². The molecule has 11 heavy (non-hydrogen) atoms. The van der Waals surface area contributed by atoms with Crippen LogP contribution in [0, 0.1) is 0 Å². The minimum atomic E-state index is -2.34. The van der Waals surface area contributed by atoms with Crippen LogP contribution in [0.5, 0.6) is 0 Å². The van der Waals surface area contributed by atoms with Gasteiger partial charge in [-0.05, 0) is 0 Å². The molecule has 0 spiro atoms. The minimum absolute atomic E-state index is 1.08. The van der Waals surface area contributed by atoms with Crippen LogP contribution in [-0.4, -0.2) is 27.4 Å². The van der Waals surface area contributed by atoms with Gasteiger partial charge in [-0.3, -0.25) is 4.79 Å². The summed E-state index contributed by atoms with van der Waals surface area (Å²) in [4.78, 5) is 18.2. The van der Waals surface area contributed by atoms with Crippen molar-refractivity contribution in [1.29, 1.82) is 0 Å². The van der Waals surface area contributed by atoms with E-state index in [1.165, 1.54) is 0 Å². The first-order chi connectivity index (χ1) is 4.80. The molecule has 2 unspecified atom stereocenters. The van der Waals surface area contributed by atoms with E-state index in [1.54, 1.807) is 0 Å². The number of rotatable bonds is 3. The molecule has 0 radical (unpaired) electrons. The normalized spacial score (nSPS) is 18.5. The van der Waals surface area contributed by atoms with Gasteiger partial charge in [0.2, 0.25) is 10.9 Å². The molecule has 0 bridgehead atoms. The van der Waals surface area contributed by atoms with E-state index in [0.717, 1.165) is 0 Å². The number of halogens is 2. The second-order valence-electron chi connectivity index (χ2n) is 1.84. The van der Waals surface area contributed by atoms with Gasteiger partial charge in [-0.2, -0.15) is 0 Å². The summed E-state index contributed by atoms with van der Waals surface area (Å²) in [5.41, 5.74) is 9.60. The number of amides is 1. The van der Waals surface area contributed by atoms with E-state index in [2.05, 4.69) is 5.73 Å². The van der Waals surface area contributed by atoms with Gasteiger partial charge in [0.1, 0.15) is 0 Å². The fraction of sp³-hybridized carbons (Fsp3) is 0.500. The first-order valence-electron chi connectivity index (χ1n) is 2.44. The van der Waals surface area contributed by atoms with Gasteiger partial charge in [-0.25, -0.2) is 4.79 Å². The second-order valence-corrected chi connectivity index (χ2v) is 2.90. The maximum Gasteiger partial charge on any atom is 0.341 e. The average Bonchev–Trinajstić information content (AvgIpc) is 1.85. The number of primary amides is 1. The number of aliphatic carboxylic acids is 1. The summed E-state index contributed by atoms with van der Waals surface area (Å²) in [7, 11) is 0. The molecule has 0 saturated carbocycles. The Bertz CT molecular complexity index is 194. The van der Waals surface area contributed by atoms with Crippen LogP contribution in [0.4, 0.5) is 0 Å². The molecule has 2 atom stereocenters. The Hall–Kier alpha value is -0.520. The molecular weight excluding hydrogens is 195 g/mol. The first-order valence-corrected chi connectivity index (χ1v) is 3.26. The second kappa shape index (κ2) is 3.25. The standard InChI is InChI=1S/C4H6Cl2N2O3/c5-1(2(7)9)4(6,8)3(10)11/h1H,8H2,(H2,7,9)(H,10,11). The predicted octanol–water partition coefficient (Wildman–Crippen LogP) is -0.943. The number of carboxylic acids is 1. The average molecular weight is 201 g/mol. The van der Waals surface area contributed by atoms with Gasteiger partial charge in [0, 0.05) is 0 Å². The van der Waals surface area contributed by atoms with Gasteiger partial charge < -0.3 is 16.6 Å². The van der Waals surface area contributed by atoms with Crippen molar-refractivity contribution in [2.24, 2.45) is 11.5 Å². The maximum absolute atomic E-state index is 10.3. The van der Waals surface area contributed by atoms with Gasteiger partial charge in [0.15, 0.2) is 5.38 Å². The quantitative estimate of drug-likeness (QED) is 0.404. The fourth-order valence-electron chi connectivity index (χ4n) is 0.315. The van der Waals surface area contributed by atoms with Gasteiger partial charge in [-0.15, -0.1) is 11.6 Å². The van der Waals surface area contributed by atoms with Crippen molar-refractivity contribution in [3.05, 3.63) is 0 Å². The summed E-state index contributed by atoms with van der Waals surface area (Å²) >= 11 is 10.4. The molecule has 0 aliphatic carbocycles. The van der Waals surface area contributed by atoms with Crippen LogP contribution < -0.4 is 11.5 Å². The molecule has 0 aliphatic heterocycles. The maximum atomic E-state index is 10.3. The molecule has 0 aromatic rings. The van der Waals surface area contributed by atoms with Gasteiger partial charge in [0.05, 0.1) is 0 Å². The topological polar surface area (TPSA) is 106 Å². The number of nitrogens with two attached hydrogens (primary N) is 2. The molecule has 0 aromatic carbocycles. The summed E-state index contributed by atoms with van der Waals surface area (Å²) < 4.78 is 0. The van der Waals surface area contributed by atoms with Crippen molar-refractivity contribution in [3.63, 3.8) is 0 Å². The van der Waals surface area contributed by atoms with Gasteiger partial charge >= 0.3 is 5.97 Å². The van der Waals surface area contributed by atoms with Gasteiger partial charge in [-0.1, -0.05) is 11.6 Å². The summed E-state index contributed by atoms with van der Waals surface area (Å²) in [6.45, 7) is 0. The summed E-state index contributed by atoms with van der Waals surface area (Å²) in [5, 5.41) is 6.67. The van der Waals surface area contributed by atoms with Crippen molar-refractivity contribution >= 4 is 35.1 Å². The van der Waals surface area contributed by atoms with Crippen LogP contribution in [0.25, 0.3) is 0 Å². The van der Waals surface area contributed by atoms with E-state index in [4.69, 9.17) is 34.0 Å². The minimum Gasteiger partial charge on any atom is -0.479 e. The third-order valence-corrected chi connectivity index (χ3v) is 2.00. The molecule has 0 aliphatic rings. The van der Waals surface area contributed by atoms with E-state index < -0.39 is 22.3 Å². The van der Waals surface area contributed by atoms with Crippen molar-refractivity contribution in [1.82, 2.24) is 0 Å². The first kappa shape index (κ1) is 10.5. The Labute approximate surface area is 72.2 Å². The van der Waals surface area contributed by atoms with E-state index in [1.807, 2.05) is 0 Å². The monoisotopic (exact) mass is 200 g/mol. The SMILES string of the molecule is NC(=O)C(Cl)C(N)(Cl)C(=O)O. The third-order valence-electron chi connectivity index (χ3n) is 0.946. The van der Waals surface area contributed by atoms with Crippen LogP contribution in [0.2, 0.25) is 0 Å².